The molecule has 1 aromatic heterocycles. The summed E-state index contributed by atoms with van der Waals surface area (Å²) in [5.74, 6) is -0.306. The van der Waals surface area contributed by atoms with Crippen molar-refractivity contribution in [3.63, 3.8) is 0 Å². The van der Waals surface area contributed by atoms with Crippen LogP contribution in [0.1, 0.15) is 56.0 Å². The summed E-state index contributed by atoms with van der Waals surface area (Å²) in [4.78, 5) is 30.7. The van der Waals surface area contributed by atoms with Gasteiger partial charge in [0, 0.05) is 38.3 Å². The normalized spacial score (nSPS) is 20.6. The van der Waals surface area contributed by atoms with Crippen molar-refractivity contribution in [3.05, 3.63) is 77.2 Å². The molecule has 0 bridgehead atoms. The molecule has 2 heterocycles. The van der Waals surface area contributed by atoms with Crippen molar-refractivity contribution < 1.29 is 32.6 Å². The zero-order chi connectivity index (χ0) is 33.3. The molecule has 46 heavy (non-hydrogen) atoms. The van der Waals surface area contributed by atoms with Crippen molar-refractivity contribution in [1.82, 2.24) is 9.80 Å². The average Bonchev–Trinajstić information content (AvgIpc) is 3.59. The Morgan fingerprint density at radius 2 is 1.89 bits per heavy atom. The molecule has 2 aromatic carbocycles. The predicted molar refractivity (Wildman–Crippen MR) is 180 cm³/mol. The van der Waals surface area contributed by atoms with Crippen LogP contribution in [0.3, 0.4) is 0 Å². The number of benzene rings is 2. The van der Waals surface area contributed by atoms with Crippen molar-refractivity contribution in [2.45, 2.75) is 68.9 Å². The number of hydrogen-bond donors (Lipinski definition) is 2. The molecule has 2 amide bonds. The molecule has 1 aliphatic heterocycles. The average molecular weight is 672 g/mol. The summed E-state index contributed by atoms with van der Waals surface area (Å²) in [5, 5.41) is 11.9. The van der Waals surface area contributed by atoms with Gasteiger partial charge < -0.3 is 24.4 Å². The van der Waals surface area contributed by atoms with Gasteiger partial charge in [-0.1, -0.05) is 43.3 Å². The number of likely N-dealkylation sites (N-methyl/N-ethyl adjacent to an activating group) is 1. The van der Waals surface area contributed by atoms with Gasteiger partial charge in [-0.2, -0.15) is 0 Å². The number of rotatable bonds is 9. The maximum absolute atomic E-state index is 14.3. The summed E-state index contributed by atoms with van der Waals surface area (Å²) < 4.78 is 41.3. The molecule has 10 nitrogen and oxygen atoms in total. The van der Waals surface area contributed by atoms with Crippen molar-refractivity contribution in [3.8, 4) is 5.75 Å². The van der Waals surface area contributed by atoms with Crippen LogP contribution in [0.25, 0.3) is 0 Å². The van der Waals surface area contributed by atoms with Crippen LogP contribution < -0.4 is 9.46 Å². The highest BCUT2D eigenvalue weighted by Crippen LogP contribution is 2.30. The van der Waals surface area contributed by atoms with Crippen LogP contribution in [0.4, 0.5) is 5.69 Å². The molecular weight excluding hydrogens is 627 g/mol. The van der Waals surface area contributed by atoms with E-state index in [2.05, 4.69) is 4.72 Å². The number of ether oxygens (including phenoxy) is 2. The Balaban J connectivity index is 1.62. The minimum atomic E-state index is -3.85. The van der Waals surface area contributed by atoms with Crippen molar-refractivity contribution >= 4 is 38.9 Å². The molecule has 250 valence electrons. The number of anilines is 1. The van der Waals surface area contributed by atoms with E-state index in [1.807, 2.05) is 44.2 Å². The number of thiophene rings is 1. The smallest absolute Gasteiger partial charge is 0.271 e. The van der Waals surface area contributed by atoms with E-state index in [9.17, 15) is 23.1 Å². The number of sulfonamides is 1. The number of nitrogens with zero attached hydrogens (tertiary/aromatic N) is 2. The van der Waals surface area contributed by atoms with E-state index < -0.39 is 22.0 Å². The topological polar surface area (TPSA) is 125 Å². The Kier molecular flexibility index (Phi) is 12.6. The maximum atomic E-state index is 14.3. The lowest BCUT2D eigenvalue weighted by Gasteiger charge is -2.36. The zero-order valence-corrected chi connectivity index (χ0v) is 28.6. The Labute approximate surface area is 276 Å². The predicted octanol–water partition coefficient (Wildman–Crippen LogP) is 5.05. The molecule has 0 radical (unpaired) electrons. The minimum absolute atomic E-state index is 0.0320. The molecule has 4 atom stereocenters. The second-order valence-electron chi connectivity index (χ2n) is 12.0. The van der Waals surface area contributed by atoms with Crippen molar-refractivity contribution in [2.75, 3.05) is 38.1 Å². The van der Waals surface area contributed by atoms with Crippen molar-refractivity contribution in [2.24, 2.45) is 5.92 Å². The summed E-state index contributed by atoms with van der Waals surface area (Å²) >= 11 is 1.10. The third-order valence-electron chi connectivity index (χ3n) is 8.14. The molecule has 1 aliphatic rings. The summed E-state index contributed by atoms with van der Waals surface area (Å²) in [6, 6.07) is 16.9. The van der Waals surface area contributed by atoms with Crippen LogP contribution >= 0.6 is 11.3 Å². The Morgan fingerprint density at radius 3 is 2.59 bits per heavy atom. The van der Waals surface area contributed by atoms with E-state index in [1.54, 1.807) is 47.4 Å². The molecule has 0 saturated carbocycles. The van der Waals surface area contributed by atoms with Gasteiger partial charge in [-0.25, -0.2) is 8.42 Å². The largest absolute Gasteiger partial charge is 0.490 e. The van der Waals surface area contributed by atoms with E-state index in [-0.39, 0.29) is 59.1 Å². The SMILES string of the molecule is C[C@@H]1CCCCO[C@@H](CN(C)C(=O)Cc2ccccc2)[C@H](C)CN([C@H](C)CO)C(=O)c2cc(NS(=O)(=O)c3cccs3)ccc2O1. The summed E-state index contributed by atoms with van der Waals surface area (Å²) in [6.07, 6.45) is 2.04. The molecule has 4 rings (SSSR count). The molecule has 0 saturated heterocycles. The highest BCUT2D eigenvalue weighted by molar-refractivity contribution is 7.94. The first-order valence-electron chi connectivity index (χ1n) is 15.7. The number of aliphatic hydroxyl groups excluding tert-OH is 1. The quantitative estimate of drug-likeness (QED) is 0.326. The number of fused-ring (bicyclic) bond motifs is 1. The number of nitrogens with one attached hydrogen (secondary N) is 1. The van der Waals surface area contributed by atoms with E-state index in [4.69, 9.17) is 9.47 Å². The molecular formula is C34H45N3O7S2. The number of amides is 2. The standard InChI is InChI=1S/C34H45N3O7S2/c1-24-21-37(25(2)23-38)34(40)29-20-28(35-46(41,42)33-14-10-18-45-33)15-16-30(29)44-26(3)11-8-9-17-43-31(24)22-36(4)32(39)19-27-12-6-5-7-13-27/h5-7,10,12-16,18,20,24-26,31,35,38H,8-9,11,17,19,21-23H2,1-4H3/t24-,25-,26-,31+/m1/s1. The van der Waals surface area contributed by atoms with Gasteiger partial charge in [-0.3, -0.25) is 14.3 Å². The number of carbonyl (C=O) groups excluding carboxylic acids is 2. The lowest BCUT2D eigenvalue weighted by molar-refractivity contribution is -0.131. The number of aliphatic hydroxyl groups is 1. The van der Waals surface area contributed by atoms with Crippen LogP contribution in [0.2, 0.25) is 0 Å². The first kappa shape index (κ1) is 35.4. The fourth-order valence-corrected chi connectivity index (χ4v) is 7.39. The van der Waals surface area contributed by atoms with Gasteiger partial charge in [0.15, 0.2) is 0 Å². The van der Waals surface area contributed by atoms with Crippen LogP contribution in [-0.4, -0.2) is 86.7 Å². The second-order valence-corrected chi connectivity index (χ2v) is 14.8. The van der Waals surface area contributed by atoms with E-state index in [0.717, 1.165) is 36.2 Å². The van der Waals surface area contributed by atoms with Gasteiger partial charge in [-0.15, -0.1) is 11.3 Å². The Hall–Kier alpha value is -3.45. The molecule has 12 heteroatoms. The fraction of sp³-hybridized carbons (Fsp3) is 0.471. The lowest BCUT2D eigenvalue weighted by atomic mass is 10.0. The van der Waals surface area contributed by atoms with Crippen LogP contribution in [-0.2, 0) is 26.0 Å². The lowest BCUT2D eigenvalue weighted by Crippen LogP contribution is -2.48. The second kappa shape index (κ2) is 16.4. The zero-order valence-electron chi connectivity index (χ0n) is 26.9. The summed E-state index contributed by atoms with van der Waals surface area (Å²) in [7, 11) is -2.08. The molecule has 0 aliphatic carbocycles. The molecule has 0 fully saturated rings. The third-order valence-corrected chi connectivity index (χ3v) is 10.9. The van der Waals surface area contributed by atoms with Gasteiger partial charge in [-0.05, 0) is 68.3 Å². The monoisotopic (exact) mass is 671 g/mol. The highest BCUT2D eigenvalue weighted by atomic mass is 32.2. The Morgan fingerprint density at radius 1 is 1.13 bits per heavy atom. The molecule has 3 aromatic rings. The van der Waals surface area contributed by atoms with E-state index in [0.29, 0.717) is 18.9 Å². The minimum Gasteiger partial charge on any atom is -0.490 e. The fourth-order valence-electron chi connectivity index (χ4n) is 5.35. The maximum Gasteiger partial charge on any atom is 0.271 e. The third kappa shape index (κ3) is 9.54. The van der Waals surface area contributed by atoms with Gasteiger partial charge >= 0.3 is 0 Å². The summed E-state index contributed by atoms with van der Waals surface area (Å²) in [6.45, 7) is 6.44. The first-order chi connectivity index (χ1) is 22.0. The van der Waals surface area contributed by atoms with Crippen molar-refractivity contribution in [1.29, 1.82) is 0 Å². The first-order valence-corrected chi connectivity index (χ1v) is 18.0. The van der Waals surface area contributed by atoms with Crippen LogP contribution in [0.15, 0.2) is 70.3 Å². The number of carbonyl (C=O) groups is 2. The summed E-state index contributed by atoms with van der Waals surface area (Å²) in [5.41, 5.74) is 1.35. The van der Waals surface area contributed by atoms with Crippen LogP contribution in [0.5, 0.6) is 5.75 Å². The molecule has 0 spiro atoms. The van der Waals surface area contributed by atoms with Gasteiger partial charge in [0.2, 0.25) is 5.91 Å². The van der Waals surface area contributed by atoms with Gasteiger partial charge in [0.1, 0.15) is 9.96 Å². The van der Waals surface area contributed by atoms with E-state index in [1.165, 1.54) is 12.1 Å². The number of hydrogen-bond acceptors (Lipinski definition) is 8. The van der Waals surface area contributed by atoms with Crippen LogP contribution in [0, 0.1) is 5.92 Å². The van der Waals surface area contributed by atoms with Gasteiger partial charge in [0.25, 0.3) is 15.9 Å². The van der Waals surface area contributed by atoms with Gasteiger partial charge in [0.05, 0.1) is 36.8 Å². The Bertz CT molecular complexity index is 1530. The molecule has 2 N–H and O–H groups in total. The molecule has 0 unspecified atom stereocenters. The van der Waals surface area contributed by atoms with E-state index >= 15 is 0 Å². The highest BCUT2D eigenvalue weighted by Gasteiger charge is 2.31.